The maximum atomic E-state index is 5.46. The van der Waals surface area contributed by atoms with Crippen LogP contribution in [-0.2, 0) is 13.2 Å². The molecule has 3 aromatic rings. The molecule has 0 saturated heterocycles. The van der Waals surface area contributed by atoms with Crippen LogP contribution in [0.1, 0.15) is 5.56 Å². The second-order valence-electron chi connectivity index (χ2n) is 4.99. The number of nitrogens with zero attached hydrogens (tertiary/aromatic N) is 4. The van der Waals surface area contributed by atoms with Crippen molar-refractivity contribution in [2.24, 2.45) is 0 Å². The number of halogens is 1. The van der Waals surface area contributed by atoms with Gasteiger partial charge >= 0.3 is 0 Å². The summed E-state index contributed by atoms with van der Waals surface area (Å²) in [6, 6.07) is 14.2. The monoisotopic (exact) mass is 362 g/mol. The minimum Gasteiger partial charge on any atom is -0.283 e. The second kappa shape index (κ2) is 6.09. The largest absolute Gasteiger partial charge is 0.283 e. The predicted molar refractivity (Wildman–Crippen MR) is 89.6 cm³/mol. The SMILES string of the molecule is CN(Cc1ccc(Br)cc1)Cn1nc2ccccn2c1=S. The van der Waals surface area contributed by atoms with E-state index in [0.717, 1.165) is 16.7 Å². The Morgan fingerprint density at radius 1 is 1.19 bits per heavy atom. The molecular formula is C15H15BrN4S. The summed E-state index contributed by atoms with van der Waals surface area (Å²) in [7, 11) is 2.06. The first-order valence-corrected chi connectivity index (χ1v) is 7.81. The van der Waals surface area contributed by atoms with E-state index < -0.39 is 0 Å². The highest BCUT2D eigenvalue weighted by Crippen LogP contribution is 2.12. The lowest BCUT2D eigenvalue weighted by molar-refractivity contribution is 0.245. The minimum atomic E-state index is 0.663. The van der Waals surface area contributed by atoms with Gasteiger partial charge < -0.3 is 0 Å². The highest BCUT2D eigenvalue weighted by atomic mass is 79.9. The van der Waals surface area contributed by atoms with Gasteiger partial charge in [-0.1, -0.05) is 34.1 Å². The molecule has 0 N–H and O–H groups in total. The number of pyridine rings is 1. The zero-order valence-corrected chi connectivity index (χ0v) is 14.0. The summed E-state index contributed by atoms with van der Waals surface area (Å²) in [4.78, 5) is 2.19. The van der Waals surface area contributed by atoms with Crippen LogP contribution in [0.2, 0.25) is 0 Å². The fourth-order valence-electron chi connectivity index (χ4n) is 2.24. The van der Waals surface area contributed by atoms with E-state index in [4.69, 9.17) is 12.2 Å². The molecule has 3 rings (SSSR count). The van der Waals surface area contributed by atoms with Gasteiger partial charge in [-0.3, -0.25) is 9.30 Å². The summed E-state index contributed by atoms with van der Waals surface area (Å²) in [5.74, 6) is 0. The van der Waals surface area contributed by atoms with Gasteiger partial charge in [-0.15, -0.1) is 0 Å². The average molecular weight is 363 g/mol. The van der Waals surface area contributed by atoms with E-state index in [1.807, 2.05) is 33.5 Å². The van der Waals surface area contributed by atoms with Crippen molar-refractivity contribution in [3.63, 3.8) is 0 Å². The van der Waals surface area contributed by atoms with Crippen LogP contribution in [-0.4, -0.2) is 26.1 Å². The van der Waals surface area contributed by atoms with E-state index in [-0.39, 0.29) is 0 Å². The van der Waals surface area contributed by atoms with Crippen LogP contribution in [0.4, 0.5) is 0 Å². The molecule has 21 heavy (non-hydrogen) atoms. The van der Waals surface area contributed by atoms with Crippen LogP contribution in [0.25, 0.3) is 5.65 Å². The quantitative estimate of drug-likeness (QED) is 0.661. The molecule has 0 aliphatic heterocycles. The third-order valence-corrected chi connectivity index (χ3v) is 4.17. The van der Waals surface area contributed by atoms with Gasteiger partial charge in [0.25, 0.3) is 0 Å². The second-order valence-corrected chi connectivity index (χ2v) is 6.27. The van der Waals surface area contributed by atoms with Crippen molar-refractivity contribution in [2.75, 3.05) is 7.05 Å². The lowest BCUT2D eigenvalue weighted by Gasteiger charge is -2.16. The van der Waals surface area contributed by atoms with Gasteiger partial charge in [0, 0.05) is 17.2 Å². The van der Waals surface area contributed by atoms with Crippen molar-refractivity contribution in [1.82, 2.24) is 19.1 Å². The highest BCUT2D eigenvalue weighted by Gasteiger charge is 2.06. The maximum absolute atomic E-state index is 5.46. The first-order valence-electron chi connectivity index (χ1n) is 6.61. The topological polar surface area (TPSA) is 25.5 Å². The Balaban J connectivity index is 1.77. The Bertz CT molecular complexity index is 806. The van der Waals surface area contributed by atoms with Crippen LogP contribution >= 0.6 is 28.1 Å². The van der Waals surface area contributed by atoms with Crippen LogP contribution in [0.3, 0.4) is 0 Å². The molecule has 1 aromatic carbocycles. The van der Waals surface area contributed by atoms with Crippen LogP contribution < -0.4 is 0 Å². The van der Waals surface area contributed by atoms with Crippen molar-refractivity contribution in [3.05, 3.63) is 63.5 Å². The molecule has 0 atom stereocenters. The molecule has 0 amide bonds. The lowest BCUT2D eigenvalue weighted by Crippen LogP contribution is -2.22. The van der Waals surface area contributed by atoms with Crippen molar-refractivity contribution in [3.8, 4) is 0 Å². The molecule has 0 bridgehead atoms. The zero-order chi connectivity index (χ0) is 14.8. The predicted octanol–water partition coefficient (Wildman–Crippen LogP) is 3.72. The first kappa shape index (κ1) is 14.4. The Labute approximate surface area is 136 Å². The summed E-state index contributed by atoms with van der Waals surface area (Å²) < 4.78 is 5.58. The standard InChI is InChI=1S/C15H15BrN4S/c1-18(10-12-5-7-13(16)8-6-12)11-20-15(21)19-9-3-2-4-14(19)17-20/h2-9H,10-11H2,1H3. The molecule has 0 fully saturated rings. The lowest BCUT2D eigenvalue weighted by atomic mass is 10.2. The van der Waals surface area contributed by atoms with E-state index in [1.54, 1.807) is 0 Å². The number of benzene rings is 1. The molecule has 0 aliphatic rings. The number of fused-ring (bicyclic) bond motifs is 1. The van der Waals surface area contributed by atoms with Crippen molar-refractivity contribution < 1.29 is 0 Å². The molecule has 4 nitrogen and oxygen atoms in total. The maximum Gasteiger partial charge on any atom is 0.203 e. The van der Waals surface area contributed by atoms with Gasteiger partial charge in [-0.25, -0.2) is 4.68 Å². The summed E-state index contributed by atoms with van der Waals surface area (Å²) in [6.07, 6.45) is 1.94. The van der Waals surface area contributed by atoms with Crippen molar-refractivity contribution in [2.45, 2.75) is 13.2 Å². The fourth-order valence-corrected chi connectivity index (χ4v) is 2.76. The molecule has 0 aliphatic carbocycles. The molecule has 0 spiro atoms. The van der Waals surface area contributed by atoms with Crippen molar-refractivity contribution in [1.29, 1.82) is 0 Å². The number of rotatable bonds is 4. The molecule has 0 saturated carbocycles. The van der Waals surface area contributed by atoms with Gasteiger partial charge in [0.1, 0.15) is 0 Å². The smallest absolute Gasteiger partial charge is 0.203 e. The normalized spacial score (nSPS) is 11.4. The van der Waals surface area contributed by atoms with Crippen LogP contribution in [0, 0.1) is 4.77 Å². The van der Waals surface area contributed by atoms with Gasteiger partial charge in [0.2, 0.25) is 4.77 Å². The third-order valence-electron chi connectivity index (χ3n) is 3.23. The van der Waals surface area contributed by atoms with Crippen LogP contribution in [0.5, 0.6) is 0 Å². The van der Waals surface area contributed by atoms with Gasteiger partial charge in [-0.2, -0.15) is 5.10 Å². The zero-order valence-electron chi connectivity index (χ0n) is 11.6. The minimum absolute atomic E-state index is 0.663. The molecule has 6 heteroatoms. The third kappa shape index (κ3) is 3.23. The summed E-state index contributed by atoms with van der Waals surface area (Å²) in [6.45, 7) is 1.51. The number of hydrogen-bond acceptors (Lipinski definition) is 3. The molecular weight excluding hydrogens is 348 g/mol. The summed E-state index contributed by atoms with van der Waals surface area (Å²) >= 11 is 8.91. The van der Waals surface area contributed by atoms with Gasteiger partial charge in [0.05, 0.1) is 6.67 Å². The first-order chi connectivity index (χ1) is 10.1. The van der Waals surface area contributed by atoms with E-state index >= 15 is 0 Å². The summed E-state index contributed by atoms with van der Waals surface area (Å²) in [5, 5.41) is 4.53. The van der Waals surface area contributed by atoms with Crippen LogP contribution in [0.15, 0.2) is 53.1 Å². The Morgan fingerprint density at radius 3 is 2.67 bits per heavy atom. The Hall–Kier alpha value is -1.50. The summed E-state index contributed by atoms with van der Waals surface area (Å²) in [5.41, 5.74) is 2.13. The van der Waals surface area contributed by atoms with E-state index in [1.165, 1.54) is 5.56 Å². The van der Waals surface area contributed by atoms with Crippen molar-refractivity contribution >= 4 is 33.8 Å². The van der Waals surface area contributed by atoms with E-state index in [0.29, 0.717) is 11.4 Å². The Morgan fingerprint density at radius 2 is 1.95 bits per heavy atom. The molecule has 2 heterocycles. The number of aromatic nitrogens is 3. The van der Waals surface area contributed by atoms with Gasteiger partial charge in [0.15, 0.2) is 5.65 Å². The van der Waals surface area contributed by atoms with E-state index in [2.05, 4.69) is 57.2 Å². The molecule has 0 unspecified atom stereocenters. The Kier molecular flexibility index (Phi) is 4.19. The fraction of sp³-hybridized carbons (Fsp3) is 0.200. The molecule has 0 radical (unpaired) electrons. The highest BCUT2D eigenvalue weighted by molar-refractivity contribution is 9.10. The molecule has 108 valence electrons. The average Bonchev–Trinajstić information content (AvgIpc) is 2.78. The molecule has 2 aromatic heterocycles. The number of hydrogen-bond donors (Lipinski definition) is 0. The van der Waals surface area contributed by atoms with E-state index in [9.17, 15) is 0 Å². The van der Waals surface area contributed by atoms with Gasteiger partial charge in [-0.05, 0) is 49.1 Å².